The largest absolute Gasteiger partial charge is 0.373 e. The van der Waals surface area contributed by atoms with Crippen molar-refractivity contribution in [1.82, 2.24) is 4.57 Å². The van der Waals surface area contributed by atoms with Crippen molar-refractivity contribution in [3.63, 3.8) is 0 Å². The fourth-order valence-corrected chi connectivity index (χ4v) is 5.08. The number of fused-ring (bicyclic) bond motifs is 5. The van der Waals surface area contributed by atoms with Crippen molar-refractivity contribution >= 4 is 50.7 Å². The molecule has 0 atom stereocenters. The predicted octanol–water partition coefficient (Wildman–Crippen LogP) is 5.30. The Hall–Kier alpha value is -4.26. The molecule has 182 valence electrons. The third kappa shape index (κ3) is 3.77. The molecule has 0 N–H and O–H groups in total. The SMILES string of the molecule is CCn1c2ccc(C(=O)c3ccccc3C)cc2c2c3c(ccc21)C(=O)/C(=N/OC(C)=O)CCN3C. The molecule has 1 aliphatic rings. The number of hydrogen-bond donors (Lipinski definition) is 0. The van der Waals surface area contributed by atoms with E-state index in [2.05, 4.69) is 16.6 Å². The summed E-state index contributed by atoms with van der Waals surface area (Å²) in [5, 5.41) is 5.68. The first-order chi connectivity index (χ1) is 17.3. The minimum atomic E-state index is -0.569. The first-order valence-electron chi connectivity index (χ1n) is 12.0. The highest BCUT2D eigenvalue weighted by Crippen LogP contribution is 2.40. The normalized spacial score (nSPS) is 14.8. The van der Waals surface area contributed by atoms with Crippen LogP contribution in [0.25, 0.3) is 21.8 Å². The molecule has 0 saturated carbocycles. The fraction of sp³-hybridized carbons (Fsp3) is 0.241. The zero-order chi connectivity index (χ0) is 25.6. The Labute approximate surface area is 208 Å². The van der Waals surface area contributed by atoms with Gasteiger partial charge in [0.15, 0.2) is 5.78 Å². The molecule has 0 unspecified atom stereocenters. The summed E-state index contributed by atoms with van der Waals surface area (Å²) in [6, 6.07) is 17.1. The number of carbonyl (C=O) groups is 3. The van der Waals surface area contributed by atoms with Crippen LogP contribution in [0.5, 0.6) is 0 Å². The first-order valence-corrected chi connectivity index (χ1v) is 12.0. The minimum Gasteiger partial charge on any atom is -0.373 e. The lowest BCUT2D eigenvalue weighted by Gasteiger charge is -2.20. The molecule has 5 rings (SSSR count). The van der Waals surface area contributed by atoms with Crippen molar-refractivity contribution in [2.45, 2.75) is 33.7 Å². The lowest BCUT2D eigenvalue weighted by Crippen LogP contribution is -2.19. The van der Waals surface area contributed by atoms with E-state index >= 15 is 0 Å². The quantitative estimate of drug-likeness (QED) is 0.225. The van der Waals surface area contributed by atoms with E-state index < -0.39 is 5.97 Å². The Morgan fingerprint density at radius 1 is 1.06 bits per heavy atom. The fourth-order valence-electron chi connectivity index (χ4n) is 5.08. The zero-order valence-electron chi connectivity index (χ0n) is 20.8. The van der Waals surface area contributed by atoms with E-state index in [4.69, 9.17) is 4.84 Å². The van der Waals surface area contributed by atoms with E-state index in [9.17, 15) is 14.4 Å². The number of oxime groups is 1. The molecule has 0 bridgehead atoms. The highest BCUT2D eigenvalue weighted by Gasteiger charge is 2.29. The van der Waals surface area contributed by atoms with Crippen LogP contribution >= 0.6 is 0 Å². The molecule has 0 fully saturated rings. The average Bonchev–Trinajstić information content (AvgIpc) is 3.13. The molecule has 0 amide bonds. The van der Waals surface area contributed by atoms with E-state index in [0.29, 0.717) is 29.7 Å². The molecule has 0 saturated heterocycles. The molecule has 0 radical (unpaired) electrons. The average molecular weight is 482 g/mol. The second-order valence-electron chi connectivity index (χ2n) is 9.10. The maximum atomic E-state index is 13.4. The number of hydrogen-bond acceptors (Lipinski definition) is 6. The Bertz CT molecular complexity index is 1600. The molecule has 1 aliphatic heterocycles. The standard InChI is InChI=1S/C29H27N3O4/c1-5-32-24-12-10-19(28(34)20-9-7-6-8-17(20)2)16-22(24)26-25(32)13-11-21-27(26)31(4)15-14-23(29(21)35)30-36-18(3)33/h6-13,16H,5,14-15H2,1-4H3/b30-23+. The zero-order valence-corrected chi connectivity index (χ0v) is 20.8. The van der Waals surface area contributed by atoms with Crippen LogP contribution in [0.1, 0.15) is 52.1 Å². The van der Waals surface area contributed by atoms with Gasteiger partial charge in [-0.3, -0.25) is 9.59 Å². The van der Waals surface area contributed by atoms with Crippen molar-refractivity contribution in [2.24, 2.45) is 5.16 Å². The van der Waals surface area contributed by atoms with Crippen molar-refractivity contribution in [1.29, 1.82) is 0 Å². The topological polar surface area (TPSA) is 81.0 Å². The van der Waals surface area contributed by atoms with Crippen molar-refractivity contribution < 1.29 is 19.2 Å². The number of Topliss-reactive ketones (excluding diaryl/α,β-unsaturated/α-hetero) is 1. The van der Waals surface area contributed by atoms with Gasteiger partial charge in [-0.25, -0.2) is 4.79 Å². The number of aryl methyl sites for hydroxylation is 2. The van der Waals surface area contributed by atoms with Gasteiger partial charge in [-0.2, -0.15) is 0 Å². The summed E-state index contributed by atoms with van der Waals surface area (Å²) in [5.41, 5.74) is 5.70. The maximum absolute atomic E-state index is 13.4. The van der Waals surface area contributed by atoms with Crippen LogP contribution in [-0.4, -0.2) is 41.4 Å². The van der Waals surface area contributed by atoms with Crippen LogP contribution in [-0.2, 0) is 16.2 Å². The number of rotatable bonds is 4. The minimum absolute atomic E-state index is 0.0327. The van der Waals surface area contributed by atoms with E-state index in [-0.39, 0.29) is 17.3 Å². The molecule has 0 spiro atoms. The summed E-state index contributed by atoms with van der Waals surface area (Å²) in [5.74, 6) is -0.864. The van der Waals surface area contributed by atoms with E-state index in [1.165, 1.54) is 6.92 Å². The van der Waals surface area contributed by atoms with Crippen LogP contribution in [0.3, 0.4) is 0 Å². The summed E-state index contributed by atoms with van der Waals surface area (Å²) in [6.07, 6.45) is 0.349. The van der Waals surface area contributed by atoms with Gasteiger partial charge in [-0.1, -0.05) is 29.4 Å². The molecular formula is C29H27N3O4. The van der Waals surface area contributed by atoms with Crippen LogP contribution in [0.15, 0.2) is 59.8 Å². The van der Waals surface area contributed by atoms with Crippen molar-refractivity contribution in [3.05, 3.63) is 76.9 Å². The number of aromatic nitrogens is 1. The third-order valence-electron chi connectivity index (χ3n) is 6.83. The van der Waals surface area contributed by atoms with Gasteiger partial charge in [0.25, 0.3) is 0 Å². The monoisotopic (exact) mass is 481 g/mol. The van der Waals surface area contributed by atoms with Gasteiger partial charge < -0.3 is 14.3 Å². The summed E-state index contributed by atoms with van der Waals surface area (Å²) >= 11 is 0. The molecule has 2 heterocycles. The number of nitrogens with zero attached hydrogens (tertiary/aromatic N) is 3. The Kier molecular flexibility index (Phi) is 5.92. The van der Waals surface area contributed by atoms with Crippen LogP contribution in [0.2, 0.25) is 0 Å². The summed E-state index contributed by atoms with van der Waals surface area (Å²) < 4.78 is 2.20. The van der Waals surface area contributed by atoms with E-state index in [1.807, 2.05) is 73.5 Å². The van der Waals surface area contributed by atoms with Gasteiger partial charge in [0.1, 0.15) is 5.71 Å². The Morgan fingerprint density at radius 2 is 1.81 bits per heavy atom. The van der Waals surface area contributed by atoms with Crippen LogP contribution in [0, 0.1) is 6.92 Å². The molecular weight excluding hydrogens is 454 g/mol. The van der Waals surface area contributed by atoms with E-state index in [0.717, 1.165) is 39.6 Å². The van der Waals surface area contributed by atoms with Crippen LogP contribution in [0.4, 0.5) is 5.69 Å². The number of carbonyl (C=O) groups excluding carboxylic acids is 3. The third-order valence-corrected chi connectivity index (χ3v) is 6.83. The molecule has 1 aromatic heterocycles. The predicted molar refractivity (Wildman–Crippen MR) is 141 cm³/mol. The second kappa shape index (κ2) is 9.07. The number of ketones is 2. The van der Waals surface area contributed by atoms with Gasteiger partial charge in [-0.15, -0.1) is 0 Å². The highest BCUT2D eigenvalue weighted by atomic mass is 16.7. The number of anilines is 1. The lowest BCUT2D eigenvalue weighted by molar-refractivity contribution is -0.140. The smallest absolute Gasteiger partial charge is 0.331 e. The molecule has 3 aromatic carbocycles. The summed E-state index contributed by atoms with van der Waals surface area (Å²) in [6.45, 7) is 6.53. The Balaban J connectivity index is 1.76. The molecule has 36 heavy (non-hydrogen) atoms. The molecule has 7 heteroatoms. The summed E-state index contributed by atoms with van der Waals surface area (Å²) in [7, 11) is 1.94. The van der Waals surface area contributed by atoms with Crippen molar-refractivity contribution in [2.75, 3.05) is 18.5 Å². The van der Waals surface area contributed by atoms with Gasteiger partial charge in [0.2, 0.25) is 5.78 Å². The van der Waals surface area contributed by atoms with Gasteiger partial charge in [0.05, 0.1) is 11.2 Å². The van der Waals surface area contributed by atoms with Gasteiger partial charge >= 0.3 is 5.97 Å². The highest BCUT2D eigenvalue weighted by molar-refractivity contribution is 6.48. The van der Waals surface area contributed by atoms with E-state index in [1.54, 1.807) is 0 Å². The molecule has 4 aromatic rings. The lowest BCUT2D eigenvalue weighted by atomic mass is 9.96. The Morgan fingerprint density at radius 3 is 2.53 bits per heavy atom. The van der Waals surface area contributed by atoms with Crippen LogP contribution < -0.4 is 4.90 Å². The molecule has 0 aliphatic carbocycles. The van der Waals surface area contributed by atoms with Gasteiger partial charge in [0, 0.05) is 66.5 Å². The van der Waals surface area contributed by atoms with Crippen molar-refractivity contribution in [3.8, 4) is 0 Å². The number of benzene rings is 3. The second-order valence-corrected chi connectivity index (χ2v) is 9.10. The molecule has 7 nitrogen and oxygen atoms in total. The first kappa shape index (κ1) is 23.5. The maximum Gasteiger partial charge on any atom is 0.331 e. The van der Waals surface area contributed by atoms with Gasteiger partial charge in [-0.05, 0) is 49.7 Å². The summed E-state index contributed by atoms with van der Waals surface area (Å²) in [4.78, 5) is 45.0.